The Kier molecular flexibility index (Phi) is 21.2. The van der Waals surface area contributed by atoms with Crippen molar-refractivity contribution < 1.29 is 43.4 Å². The zero-order chi connectivity index (χ0) is 36.0. The number of hydrogen-bond donors (Lipinski definition) is 7. The number of carbonyl (C=O) groups excluding carboxylic acids is 3. The van der Waals surface area contributed by atoms with E-state index in [2.05, 4.69) is 25.9 Å². The quantitative estimate of drug-likeness (QED) is 0.0491. The van der Waals surface area contributed by atoms with E-state index in [9.17, 15) is 38.7 Å². The number of benzene rings is 1. The molecular weight excluding hydrogens is 693 g/mol. The Morgan fingerprint density at radius 1 is 1.08 bits per heavy atom. The SMILES string of the molecule is CC(C)C[C@H](BOCCCN(CCCO)CCSC(=O)NC(P(O)O)[PH](=O)O)NC(=O)C(/C=C/c1ccccc1)NC(=O)c1cnccn1. The molecule has 0 spiro atoms. The van der Waals surface area contributed by atoms with Crippen molar-refractivity contribution in [1.29, 1.82) is 0 Å². The second kappa shape index (κ2) is 24.4. The summed E-state index contributed by atoms with van der Waals surface area (Å²) in [4.78, 5) is 76.1. The van der Waals surface area contributed by atoms with Crippen LogP contribution in [0.4, 0.5) is 4.79 Å². The van der Waals surface area contributed by atoms with E-state index in [1.54, 1.807) is 12.2 Å². The number of nitrogens with zero attached hydrogens (tertiary/aromatic N) is 3. The van der Waals surface area contributed by atoms with E-state index >= 15 is 0 Å². The second-order valence-corrected chi connectivity index (χ2v) is 15.3. The van der Waals surface area contributed by atoms with Crippen LogP contribution >= 0.6 is 28.2 Å². The van der Waals surface area contributed by atoms with Crippen LogP contribution in [-0.4, -0.2) is 115 Å². The normalized spacial score (nSPS) is 14.1. The molecule has 49 heavy (non-hydrogen) atoms. The van der Waals surface area contributed by atoms with Gasteiger partial charge in [-0.3, -0.25) is 23.9 Å². The van der Waals surface area contributed by atoms with Gasteiger partial charge in [0, 0.05) is 56.9 Å². The van der Waals surface area contributed by atoms with E-state index in [0.717, 1.165) is 17.3 Å². The summed E-state index contributed by atoms with van der Waals surface area (Å²) in [5.41, 5.74) is -0.630. The minimum absolute atomic E-state index is 0.000947. The van der Waals surface area contributed by atoms with E-state index in [4.69, 9.17) is 4.65 Å². The molecule has 15 nitrogen and oxygen atoms in total. The maximum absolute atomic E-state index is 13.5. The number of thioether (sulfide) groups is 1. The molecule has 4 atom stereocenters. The standard InChI is InChI=1S/C30H47BN6O9P2S/c1-22(2)20-26(31-46-18-7-15-37(14-6-17-38)16-19-49-29(41)36-30(47(42)43)48(44)45)35-27(39)24(11-10-23-8-4-3-5-9-23)34-28(40)25-21-32-12-13-33-25/h3-5,8-13,21-22,24,26,30-31,38,42-43,48H,6-7,14-20H2,1-2H3,(H,34,40)(H,35,39)(H,36,41)(H,44,45)/b11-10+/t24?,26-,30?/m1/s1. The summed E-state index contributed by atoms with van der Waals surface area (Å²) in [6.07, 6.45) is 9.37. The Morgan fingerprint density at radius 2 is 1.82 bits per heavy atom. The van der Waals surface area contributed by atoms with Gasteiger partial charge < -0.3 is 45.3 Å². The predicted octanol–water partition coefficient (Wildman–Crippen LogP) is 1.71. The highest BCUT2D eigenvalue weighted by Crippen LogP contribution is 2.42. The molecule has 0 fully saturated rings. The van der Waals surface area contributed by atoms with Crippen LogP contribution in [0.3, 0.4) is 0 Å². The van der Waals surface area contributed by atoms with Crippen LogP contribution in [0.25, 0.3) is 6.08 Å². The number of rotatable bonds is 23. The number of carbonyl (C=O) groups is 3. The zero-order valence-corrected chi connectivity index (χ0v) is 30.4. The van der Waals surface area contributed by atoms with Crippen LogP contribution < -0.4 is 16.0 Å². The molecule has 1 aromatic heterocycles. The first-order valence-electron chi connectivity index (χ1n) is 15.8. The number of aliphatic hydroxyl groups excluding tert-OH is 1. The Bertz CT molecular complexity index is 1320. The highest BCUT2D eigenvalue weighted by atomic mass is 32.2. The summed E-state index contributed by atoms with van der Waals surface area (Å²) < 4.78 is 17.2. The first-order chi connectivity index (χ1) is 23.5. The molecule has 3 amide bonds. The molecule has 1 heterocycles. The maximum Gasteiger partial charge on any atom is 0.297 e. The third kappa shape index (κ3) is 18.2. The first-order valence-corrected chi connectivity index (χ1v) is 19.6. The fourth-order valence-electron chi connectivity index (χ4n) is 4.52. The molecule has 0 aliphatic carbocycles. The van der Waals surface area contributed by atoms with E-state index < -0.39 is 45.0 Å². The molecule has 0 radical (unpaired) electrons. The summed E-state index contributed by atoms with van der Waals surface area (Å²) in [5, 5.41) is 16.6. The predicted molar refractivity (Wildman–Crippen MR) is 193 cm³/mol. The average molecular weight is 741 g/mol. The highest BCUT2D eigenvalue weighted by molar-refractivity contribution is 8.13. The van der Waals surface area contributed by atoms with Crippen molar-refractivity contribution >= 4 is 58.8 Å². The van der Waals surface area contributed by atoms with Crippen LogP contribution in [0.2, 0.25) is 0 Å². The Labute approximate surface area is 293 Å². The lowest BCUT2D eigenvalue weighted by Crippen LogP contribution is -2.51. The molecule has 2 aromatic rings. The van der Waals surface area contributed by atoms with E-state index in [1.165, 1.54) is 18.6 Å². The smallest absolute Gasteiger partial charge is 0.297 e. The number of hydrogen-bond acceptors (Lipinski definition) is 12. The third-order valence-electron chi connectivity index (χ3n) is 6.82. The zero-order valence-electron chi connectivity index (χ0n) is 27.7. The molecule has 1 aromatic carbocycles. The van der Waals surface area contributed by atoms with E-state index in [-0.39, 0.29) is 31.6 Å². The van der Waals surface area contributed by atoms with Gasteiger partial charge in [-0.1, -0.05) is 68.1 Å². The van der Waals surface area contributed by atoms with Gasteiger partial charge in [-0.15, -0.1) is 0 Å². The van der Waals surface area contributed by atoms with Gasteiger partial charge in [0.2, 0.25) is 13.9 Å². The van der Waals surface area contributed by atoms with Crippen LogP contribution in [-0.2, 0) is 14.0 Å². The van der Waals surface area contributed by atoms with Gasteiger partial charge in [0.15, 0.2) is 13.9 Å². The van der Waals surface area contributed by atoms with Crippen LogP contribution in [0, 0.1) is 5.92 Å². The molecule has 7 N–H and O–H groups in total. The maximum atomic E-state index is 13.5. The van der Waals surface area contributed by atoms with E-state index in [0.29, 0.717) is 51.3 Å². The summed E-state index contributed by atoms with van der Waals surface area (Å²) in [5.74, 6) is -0.680. The first kappa shape index (κ1) is 42.5. The van der Waals surface area contributed by atoms with Gasteiger partial charge in [-0.05, 0) is 30.7 Å². The number of aromatic nitrogens is 2. The van der Waals surface area contributed by atoms with Crippen molar-refractivity contribution in [2.75, 3.05) is 38.6 Å². The molecule has 270 valence electrons. The van der Waals surface area contributed by atoms with Crippen molar-refractivity contribution in [1.82, 2.24) is 30.8 Å². The molecule has 0 bridgehead atoms. The Balaban J connectivity index is 1.93. The minimum Gasteiger partial charge on any atom is -0.437 e. The fourth-order valence-corrected chi connectivity index (χ4v) is 6.72. The number of amides is 3. The molecule has 0 saturated carbocycles. The molecule has 19 heteroatoms. The fraction of sp³-hybridized carbons (Fsp3) is 0.500. The monoisotopic (exact) mass is 740 g/mol. The molecule has 0 aliphatic rings. The van der Waals surface area contributed by atoms with Crippen molar-refractivity contribution in [3.8, 4) is 0 Å². The molecule has 0 aliphatic heterocycles. The summed E-state index contributed by atoms with van der Waals surface area (Å²) in [7, 11) is -5.89. The molecular formula is C30H47BN6O9P2S. The third-order valence-corrected chi connectivity index (χ3v) is 10.1. The van der Waals surface area contributed by atoms with Crippen molar-refractivity contribution in [2.24, 2.45) is 5.92 Å². The lowest BCUT2D eigenvalue weighted by Gasteiger charge is -2.24. The lowest BCUT2D eigenvalue weighted by atomic mass is 9.81. The topological polar surface area (TPSA) is 224 Å². The number of aliphatic hydroxyl groups is 1. The van der Waals surface area contributed by atoms with Crippen molar-refractivity contribution in [3.05, 3.63) is 66.3 Å². The van der Waals surface area contributed by atoms with Gasteiger partial charge in [0.05, 0.1) is 6.20 Å². The summed E-state index contributed by atoms with van der Waals surface area (Å²) >= 11 is 0.858. The molecule has 0 saturated heterocycles. The van der Waals surface area contributed by atoms with Gasteiger partial charge in [0.25, 0.3) is 18.6 Å². The minimum atomic E-state index is -3.36. The second-order valence-electron chi connectivity index (χ2n) is 11.3. The lowest BCUT2D eigenvalue weighted by molar-refractivity contribution is -0.122. The molecule has 2 rings (SSSR count). The van der Waals surface area contributed by atoms with Crippen LogP contribution in [0.15, 0.2) is 55.0 Å². The van der Waals surface area contributed by atoms with Gasteiger partial charge in [-0.2, -0.15) is 0 Å². The van der Waals surface area contributed by atoms with Crippen molar-refractivity contribution in [2.45, 2.75) is 50.6 Å². The van der Waals surface area contributed by atoms with Gasteiger partial charge in [-0.25, -0.2) is 4.98 Å². The van der Waals surface area contributed by atoms with Gasteiger partial charge >= 0.3 is 0 Å². The number of nitrogens with one attached hydrogen (secondary N) is 3. The largest absolute Gasteiger partial charge is 0.437 e. The van der Waals surface area contributed by atoms with Crippen LogP contribution in [0.1, 0.15) is 49.2 Å². The highest BCUT2D eigenvalue weighted by Gasteiger charge is 2.26. The Hall–Kier alpha value is -2.72. The van der Waals surface area contributed by atoms with Crippen molar-refractivity contribution in [3.63, 3.8) is 0 Å². The van der Waals surface area contributed by atoms with E-state index in [1.807, 2.05) is 49.1 Å². The average Bonchev–Trinajstić information content (AvgIpc) is 3.07. The van der Waals surface area contributed by atoms with Crippen LogP contribution in [0.5, 0.6) is 0 Å². The summed E-state index contributed by atoms with van der Waals surface area (Å²) in [6.45, 7) is 6.13. The molecule has 3 unspecified atom stereocenters. The Morgan fingerprint density at radius 3 is 2.45 bits per heavy atom. The van der Waals surface area contributed by atoms with Gasteiger partial charge in [0.1, 0.15) is 11.7 Å². The summed E-state index contributed by atoms with van der Waals surface area (Å²) in [6, 6.07) is 8.42.